The first kappa shape index (κ1) is 19.7. The van der Waals surface area contributed by atoms with Crippen LogP contribution in [0.5, 0.6) is 0 Å². The van der Waals surface area contributed by atoms with Crippen molar-refractivity contribution in [1.29, 1.82) is 0 Å². The number of carbonyl (C=O) groups excluding carboxylic acids is 2. The van der Waals surface area contributed by atoms with E-state index in [1.54, 1.807) is 11.5 Å². The number of aromatic nitrogens is 1. The third-order valence-electron chi connectivity index (χ3n) is 4.69. The highest BCUT2D eigenvalue weighted by molar-refractivity contribution is 7.14. The van der Waals surface area contributed by atoms with Crippen molar-refractivity contribution >= 4 is 46.0 Å². The Hall–Kier alpha value is -3.58. The van der Waals surface area contributed by atoms with E-state index in [-0.39, 0.29) is 17.5 Å². The number of nitrogens with zero attached hydrogens (tertiary/aromatic N) is 3. The molecule has 4 rings (SSSR count). The first-order chi connectivity index (χ1) is 14.4. The predicted molar refractivity (Wildman–Crippen MR) is 118 cm³/mol. The Labute approximate surface area is 178 Å². The quantitative estimate of drug-likeness (QED) is 0.452. The largest absolute Gasteiger partial charge is 0.402 e. The second-order valence-corrected chi connectivity index (χ2v) is 7.72. The summed E-state index contributed by atoms with van der Waals surface area (Å²) in [6.07, 6.45) is 1.57. The van der Waals surface area contributed by atoms with Crippen LogP contribution in [0.1, 0.15) is 29.3 Å². The number of esters is 1. The van der Waals surface area contributed by atoms with Gasteiger partial charge in [0.1, 0.15) is 0 Å². The lowest BCUT2D eigenvalue weighted by atomic mass is 10.1. The molecule has 0 saturated heterocycles. The minimum atomic E-state index is -0.524. The van der Waals surface area contributed by atoms with E-state index in [1.165, 1.54) is 23.2 Å². The summed E-state index contributed by atoms with van der Waals surface area (Å²) in [6.45, 7) is 5.50. The smallest absolute Gasteiger partial charge is 0.363 e. The lowest BCUT2D eigenvalue weighted by molar-refractivity contribution is -0.130. The molecule has 150 valence electrons. The van der Waals surface area contributed by atoms with Gasteiger partial charge in [-0.15, -0.1) is 11.3 Å². The van der Waals surface area contributed by atoms with Gasteiger partial charge in [-0.1, -0.05) is 24.3 Å². The lowest BCUT2D eigenvalue weighted by Gasteiger charge is -2.17. The molecule has 0 radical (unpaired) electrons. The van der Waals surface area contributed by atoms with Crippen LogP contribution in [-0.2, 0) is 14.3 Å². The van der Waals surface area contributed by atoms with Gasteiger partial charge in [0.15, 0.2) is 10.8 Å². The topological polar surface area (TPSA) is 71.9 Å². The molecule has 0 bridgehead atoms. The molecule has 0 saturated carbocycles. The molecule has 0 spiro atoms. The summed E-state index contributed by atoms with van der Waals surface area (Å²) in [5.41, 5.74) is 4.44. The number of carbonyl (C=O) groups is 2. The number of hydrogen-bond donors (Lipinski definition) is 0. The molecular formula is C23H19N3O3S. The zero-order chi connectivity index (χ0) is 21.3. The Morgan fingerprint density at radius 2 is 1.87 bits per heavy atom. The van der Waals surface area contributed by atoms with Gasteiger partial charge in [0.25, 0.3) is 0 Å². The van der Waals surface area contributed by atoms with Gasteiger partial charge in [0.05, 0.1) is 11.4 Å². The minimum Gasteiger partial charge on any atom is -0.402 e. The molecule has 7 heteroatoms. The molecule has 2 aromatic carbocycles. The fraction of sp³-hybridized carbons (Fsp3) is 0.130. The van der Waals surface area contributed by atoms with E-state index >= 15 is 0 Å². The summed E-state index contributed by atoms with van der Waals surface area (Å²) in [7, 11) is 0. The molecule has 0 atom stereocenters. The van der Waals surface area contributed by atoms with Crippen LogP contribution in [-0.4, -0.2) is 22.8 Å². The summed E-state index contributed by atoms with van der Waals surface area (Å²) in [6, 6.07) is 15.1. The summed E-state index contributed by atoms with van der Waals surface area (Å²) in [5.74, 6) is -0.395. The highest BCUT2D eigenvalue weighted by Gasteiger charge is 2.25. The van der Waals surface area contributed by atoms with Crippen LogP contribution in [0, 0.1) is 13.8 Å². The summed E-state index contributed by atoms with van der Waals surface area (Å²) in [4.78, 5) is 34.8. The van der Waals surface area contributed by atoms with Crippen molar-refractivity contribution in [2.75, 3.05) is 4.90 Å². The third kappa shape index (κ3) is 3.92. The van der Waals surface area contributed by atoms with Crippen molar-refractivity contribution in [3.8, 4) is 0 Å². The summed E-state index contributed by atoms with van der Waals surface area (Å²) >= 11 is 1.31. The molecule has 1 amide bonds. The number of para-hydroxylation sites is 1. The highest BCUT2D eigenvalue weighted by atomic mass is 32.1. The zero-order valence-corrected chi connectivity index (χ0v) is 17.6. The molecule has 2 heterocycles. The summed E-state index contributed by atoms with van der Waals surface area (Å²) < 4.78 is 5.34. The Morgan fingerprint density at radius 1 is 1.10 bits per heavy atom. The SMILES string of the molecule is CC(=O)N(c1ccccc1)c1nc(C=C2N=C(c3ccc(C)c(C)c3)OC2=O)cs1. The van der Waals surface area contributed by atoms with Crippen molar-refractivity contribution in [1.82, 2.24) is 4.98 Å². The average Bonchev–Trinajstić information content (AvgIpc) is 3.32. The third-order valence-corrected chi connectivity index (χ3v) is 5.53. The maximum atomic E-state index is 12.3. The Kier molecular flexibility index (Phi) is 5.29. The van der Waals surface area contributed by atoms with E-state index in [1.807, 2.05) is 62.4 Å². The second-order valence-electron chi connectivity index (χ2n) is 6.88. The average molecular weight is 417 g/mol. The van der Waals surface area contributed by atoms with Gasteiger partial charge in [-0.25, -0.2) is 14.8 Å². The summed E-state index contributed by atoms with van der Waals surface area (Å²) in [5, 5.41) is 2.29. The minimum absolute atomic E-state index is 0.148. The molecule has 6 nitrogen and oxygen atoms in total. The van der Waals surface area contributed by atoms with Gasteiger partial charge in [0, 0.05) is 17.9 Å². The van der Waals surface area contributed by atoms with Crippen molar-refractivity contribution in [2.45, 2.75) is 20.8 Å². The number of ether oxygens (including phenoxy) is 1. The number of benzene rings is 2. The van der Waals surface area contributed by atoms with Gasteiger partial charge in [-0.3, -0.25) is 9.69 Å². The first-order valence-electron chi connectivity index (χ1n) is 9.34. The second kappa shape index (κ2) is 8.04. The fourth-order valence-electron chi connectivity index (χ4n) is 3.00. The Morgan fingerprint density at radius 3 is 2.57 bits per heavy atom. The lowest BCUT2D eigenvalue weighted by Crippen LogP contribution is -2.22. The van der Waals surface area contributed by atoms with Crippen molar-refractivity contribution in [3.05, 3.63) is 82.0 Å². The van der Waals surface area contributed by atoms with E-state index in [0.29, 0.717) is 10.8 Å². The van der Waals surface area contributed by atoms with Crippen molar-refractivity contribution < 1.29 is 14.3 Å². The predicted octanol–water partition coefficient (Wildman–Crippen LogP) is 4.79. The van der Waals surface area contributed by atoms with E-state index < -0.39 is 5.97 Å². The van der Waals surface area contributed by atoms with Crippen LogP contribution in [0.2, 0.25) is 0 Å². The van der Waals surface area contributed by atoms with E-state index in [2.05, 4.69) is 9.98 Å². The molecular weight excluding hydrogens is 398 g/mol. The molecule has 0 aliphatic carbocycles. The number of amides is 1. The number of cyclic esters (lactones) is 1. The number of hydrogen-bond acceptors (Lipinski definition) is 6. The molecule has 1 aromatic heterocycles. The maximum absolute atomic E-state index is 12.3. The van der Waals surface area contributed by atoms with E-state index in [9.17, 15) is 9.59 Å². The fourth-order valence-corrected chi connectivity index (χ4v) is 3.84. The van der Waals surface area contributed by atoms with Gasteiger partial charge >= 0.3 is 5.97 Å². The van der Waals surface area contributed by atoms with Crippen LogP contribution >= 0.6 is 11.3 Å². The molecule has 0 fully saturated rings. The number of aliphatic imine (C=N–C) groups is 1. The van der Waals surface area contributed by atoms with Gasteiger partial charge in [-0.2, -0.15) is 0 Å². The van der Waals surface area contributed by atoms with Crippen molar-refractivity contribution in [2.24, 2.45) is 4.99 Å². The highest BCUT2D eigenvalue weighted by Crippen LogP contribution is 2.30. The first-order valence-corrected chi connectivity index (χ1v) is 10.2. The van der Waals surface area contributed by atoms with Crippen LogP contribution in [0.4, 0.5) is 10.8 Å². The zero-order valence-electron chi connectivity index (χ0n) is 16.7. The molecule has 3 aromatic rings. The van der Waals surface area contributed by atoms with Gasteiger partial charge < -0.3 is 4.74 Å². The molecule has 0 N–H and O–H groups in total. The molecule has 0 unspecified atom stereocenters. The molecule has 30 heavy (non-hydrogen) atoms. The van der Waals surface area contributed by atoms with Crippen LogP contribution in [0.15, 0.2) is 64.6 Å². The number of rotatable bonds is 4. The monoisotopic (exact) mass is 417 g/mol. The number of aryl methyl sites for hydroxylation is 2. The number of thiazole rings is 1. The van der Waals surface area contributed by atoms with Crippen LogP contribution in [0.3, 0.4) is 0 Å². The van der Waals surface area contributed by atoms with Crippen LogP contribution in [0.25, 0.3) is 6.08 Å². The van der Waals surface area contributed by atoms with E-state index in [0.717, 1.165) is 22.4 Å². The maximum Gasteiger partial charge on any atom is 0.363 e. The Bertz CT molecular complexity index is 1200. The molecule has 1 aliphatic heterocycles. The van der Waals surface area contributed by atoms with Crippen molar-refractivity contribution in [3.63, 3.8) is 0 Å². The van der Waals surface area contributed by atoms with Gasteiger partial charge in [-0.05, 0) is 55.3 Å². The van der Waals surface area contributed by atoms with E-state index in [4.69, 9.17) is 4.74 Å². The molecule has 1 aliphatic rings. The normalized spacial score (nSPS) is 14.6. The number of anilines is 2. The standard InChI is InChI=1S/C23H19N3O3S/c1-14-9-10-17(11-15(14)2)21-25-20(22(28)29-21)12-18-13-30-23(24-18)26(16(3)27)19-7-5-4-6-8-19/h4-13H,1-3H3. The Balaban J connectivity index is 1.63. The van der Waals surface area contributed by atoms with Gasteiger partial charge in [0.2, 0.25) is 11.8 Å². The van der Waals surface area contributed by atoms with Crippen LogP contribution < -0.4 is 4.90 Å².